The van der Waals surface area contributed by atoms with Gasteiger partial charge in [-0.3, -0.25) is 4.90 Å². The molecule has 6 heteroatoms. The number of hydrogen-bond donors (Lipinski definition) is 0. The third-order valence-corrected chi connectivity index (χ3v) is 5.19. The van der Waals surface area contributed by atoms with E-state index in [4.69, 9.17) is 16.6 Å². The molecule has 0 spiro atoms. The number of halogens is 1. The van der Waals surface area contributed by atoms with E-state index in [1.54, 1.807) is 17.5 Å². The van der Waals surface area contributed by atoms with Crippen LogP contribution in [0.3, 0.4) is 0 Å². The summed E-state index contributed by atoms with van der Waals surface area (Å²) in [5, 5.41) is 2.64. The Hall–Kier alpha value is -1.82. The predicted molar refractivity (Wildman–Crippen MR) is 92.4 cm³/mol. The van der Waals surface area contributed by atoms with Gasteiger partial charge in [-0.2, -0.15) is 0 Å². The summed E-state index contributed by atoms with van der Waals surface area (Å²) >= 11 is 7.83. The predicted octanol–water partition coefficient (Wildman–Crippen LogP) is 3.81. The van der Waals surface area contributed by atoms with Crippen LogP contribution in [-0.2, 0) is 19.5 Å². The molecule has 0 radical (unpaired) electrons. The number of rotatable bonds is 3. The second-order valence-electron chi connectivity index (χ2n) is 5.56. The van der Waals surface area contributed by atoms with E-state index in [0.717, 1.165) is 48.0 Å². The Morgan fingerprint density at radius 2 is 2.17 bits per heavy atom. The quantitative estimate of drug-likeness (QED) is 0.679. The number of fused-ring (bicyclic) bond motifs is 1. The molecule has 0 atom stereocenters. The number of nitrogens with zero attached hydrogens (tertiary/aromatic N) is 4. The van der Waals surface area contributed by atoms with E-state index < -0.39 is 0 Å². The van der Waals surface area contributed by atoms with E-state index in [0.29, 0.717) is 5.15 Å². The summed E-state index contributed by atoms with van der Waals surface area (Å²) in [6, 6.07) is 8.05. The van der Waals surface area contributed by atoms with Gasteiger partial charge in [-0.25, -0.2) is 15.0 Å². The van der Waals surface area contributed by atoms with Crippen LogP contribution in [0.5, 0.6) is 0 Å². The number of pyridine rings is 1. The fraction of sp³-hybridized carbons (Fsp3) is 0.235. The van der Waals surface area contributed by atoms with Gasteiger partial charge < -0.3 is 0 Å². The molecule has 0 unspecified atom stereocenters. The van der Waals surface area contributed by atoms with Crippen molar-refractivity contribution in [2.24, 2.45) is 0 Å². The second kappa shape index (κ2) is 6.35. The van der Waals surface area contributed by atoms with Crippen LogP contribution in [-0.4, -0.2) is 26.4 Å². The second-order valence-corrected chi connectivity index (χ2v) is 6.86. The molecule has 4 heterocycles. The Morgan fingerprint density at radius 1 is 1.22 bits per heavy atom. The summed E-state index contributed by atoms with van der Waals surface area (Å²) in [7, 11) is 0. The third kappa shape index (κ3) is 3.13. The van der Waals surface area contributed by atoms with Gasteiger partial charge in [0.2, 0.25) is 0 Å². The Balaban J connectivity index is 1.53. The van der Waals surface area contributed by atoms with Gasteiger partial charge in [0.1, 0.15) is 5.15 Å². The normalized spacial score (nSPS) is 14.7. The van der Waals surface area contributed by atoms with Crippen LogP contribution in [0.25, 0.3) is 10.7 Å². The van der Waals surface area contributed by atoms with Gasteiger partial charge in [0.15, 0.2) is 5.82 Å². The molecule has 0 amide bonds. The molecule has 0 N–H and O–H groups in total. The van der Waals surface area contributed by atoms with Crippen LogP contribution in [0.2, 0.25) is 5.15 Å². The molecule has 1 aliphatic rings. The van der Waals surface area contributed by atoms with Crippen molar-refractivity contribution in [3.63, 3.8) is 0 Å². The zero-order chi connectivity index (χ0) is 15.6. The highest BCUT2D eigenvalue weighted by atomic mass is 35.5. The molecule has 0 aliphatic carbocycles. The van der Waals surface area contributed by atoms with Gasteiger partial charge in [0.25, 0.3) is 0 Å². The lowest BCUT2D eigenvalue weighted by Gasteiger charge is -2.28. The van der Waals surface area contributed by atoms with Crippen molar-refractivity contribution in [3.8, 4) is 10.7 Å². The molecule has 1 aliphatic heterocycles. The van der Waals surface area contributed by atoms with E-state index in [1.807, 2.05) is 24.4 Å². The van der Waals surface area contributed by atoms with Crippen molar-refractivity contribution in [3.05, 3.63) is 64.0 Å². The molecule has 0 fully saturated rings. The first kappa shape index (κ1) is 14.8. The van der Waals surface area contributed by atoms with Crippen molar-refractivity contribution < 1.29 is 0 Å². The van der Waals surface area contributed by atoms with Crippen LogP contribution in [0, 0.1) is 0 Å². The fourth-order valence-electron chi connectivity index (χ4n) is 2.81. The molecule has 3 aromatic rings. The van der Waals surface area contributed by atoms with Crippen LogP contribution in [0.1, 0.15) is 16.8 Å². The Kier molecular flexibility index (Phi) is 4.08. The summed E-state index contributed by atoms with van der Waals surface area (Å²) in [5.74, 6) is 0.836. The number of hydrogen-bond acceptors (Lipinski definition) is 5. The third-order valence-electron chi connectivity index (χ3n) is 3.98. The zero-order valence-corrected chi connectivity index (χ0v) is 14.0. The van der Waals surface area contributed by atoms with Crippen molar-refractivity contribution in [1.82, 2.24) is 19.9 Å². The van der Waals surface area contributed by atoms with E-state index in [2.05, 4.69) is 26.3 Å². The molecule has 0 saturated carbocycles. The number of aromatic nitrogens is 3. The molecule has 0 aromatic carbocycles. The van der Waals surface area contributed by atoms with Crippen molar-refractivity contribution in [1.29, 1.82) is 0 Å². The summed E-state index contributed by atoms with van der Waals surface area (Å²) in [5.41, 5.74) is 3.43. The van der Waals surface area contributed by atoms with Crippen molar-refractivity contribution >= 4 is 22.9 Å². The Bertz CT molecular complexity index is 819. The van der Waals surface area contributed by atoms with Gasteiger partial charge >= 0.3 is 0 Å². The standard InChI is InChI=1S/C17H15ClN4S/c18-16-12(3-1-6-19-16)10-22-7-5-14-13(11-22)9-20-17(21-14)15-4-2-8-23-15/h1-4,6,8-9H,5,7,10-11H2. The average Bonchev–Trinajstić information content (AvgIpc) is 3.11. The van der Waals surface area contributed by atoms with Gasteiger partial charge in [-0.15, -0.1) is 11.3 Å². The largest absolute Gasteiger partial charge is 0.294 e. The lowest BCUT2D eigenvalue weighted by molar-refractivity contribution is 0.243. The minimum Gasteiger partial charge on any atom is -0.294 e. The molecule has 3 aromatic heterocycles. The molecular weight excluding hydrogens is 328 g/mol. The highest BCUT2D eigenvalue weighted by molar-refractivity contribution is 7.13. The van der Waals surface area contributed by atoms with Gasteiger partial charge in [-0.05, 0) is 17.5 Å². The van der Waals surface area contributed by atoms with Crippen LogP contribution in [0.4, 0.5) is 0 Å². The smallest absolute Gasteiger partial charge is 0.169 e. The summed E-state index contributed by atoms with van der Waals surface area (Å²) < 4.78 is 0. The van der Waals surface area contributed by atoms with E-state index in [-0.39, 0.29) is 0 Å². The first-order valence-electron chi connectivity index (χ1n) is 7.50. The summed E-state index contributed by atoms with van der Waals surface area (Å²) in [6.45, 7) is 2.63. The average molecular weight is 343 g/mol. The molecular formula is C17H15ClN4S. The maximum Gasteiger partial charge on any atom is 0.169 e. The topological polar surface area (TPSA) is 41.9 Å². The first-order chi connectivity index (χ1) is 11.3. The molecule has 0 bridgehead atoms. The highest BCUT2D eigenvalue weighted by Crippen LogP contribution is 2.25. The van der Waals surface area contributed by atoms with E-state index in [9.17, 15) is 0 Å². The Morgan fingerprint density at radius 3 is 3.00 bits per heavy atom. The molecule has 4 rings (SSSR count). The fourth-order valence-corrected chi connectivity index (χ4v) is 3.66. The maximum absolute atomic E-state index is 6.16. The summed E-state index contributed by atoms with van der Waals surface area (Å²) in [6.07, 6.45) is 4.62. The lowest BCUT2D eigenvalue weighted by atomic mass is 10.1. The van der Waals surface area contributed by atoms with Crippen molar-refractivity contribution in [2.75, 3.05) is 6.54 Å². The van der Waals surface area contributed by atoms with E-state index in [1.165, 1.54) is 5.56 Å². The SMILES string of the molecule is Clc1ncccc1CN1CCc2nc(-c3cccs3)ncc2C1. The van der Waals surface area contributed by atoms with Crippen molar-refractivity contribution in [2.45, 2.75) is 19.5 Å². The van der Waals surface area contributed by atoms with Crippen LogP contribution < -0.4 is 0 Å². The van der Waals surface area contributed by atoms with Crippen LogP contribution in [0.15, 0.2) is 42.0 Å². The Labute approximate surface area is 143 Å². The van der Waals surface area contributed by atoms with E-state index >= 15 is 0 Å². The minimum atomic E-state index is 0.586. The minimum absolute atomic E-state index is 0.586. The zero-order valence-electron chi connectivity index (χ0n) is 12.4. The number of thiophene rings is 1. The maximum atomic E-state index is 6.16. The molecule has 23 heavy (non-hydrogen) atoms. The monoisotopic (exact) mass is 342 g/mol. The summed E-state index contributed by atoms with van der Waals surface area (Å²) in [4.78, 5) is 16.9. The van der Waals surface area contributed by atoms with Crippen LogP contribution >= 0.6 is 22.9 Å². The lowest BCUT2D eigenvalue weighted by Crippen LogP contribution is -2.31. The van der Waals surface area contributed by atoms with Gasteiger partial charge in [-0.1, -0.05) is 23.7 Å². The highest BCUT2D eigenvalue weighted by Gasteiger charge is 2.19. The van der Waals surface area contributed by atoms with Gasteiger partial charge in [0, 0.05) is 49.6 Å². The molecule has 0 saturated heterocycles. The first-order valence-corrected chi connectivity index (χ1v) is 8.76. The van der Waals surface area contributed by atoms with Gasteiger partial charge in [0.05, 0.1) is 10.6 Å². The molecule has 116 valence electrons. The molecule has 4 nitrogen and oxygen atoms in total.